The first-order valence-electron chi connectivity index (χ1n) is 7.03. The molecule has 0 aromatic carbocycles. The van der Waals surface area contributed by atoms with E-state index in [1.54, 1.807) is 21.6 Å². The zero-order valence-corrected chi connectivity index (χ0v) is 12.7. The van der Waals surface area contributed by atoms with Crippen LogP contribution in [0.25, 0.3) is 5.65 Å². The summed E-state index contributed by atoms with van der Waals surface area (Å²) < 4.78 is 11.9. The lowest BCUT2D eigenvalue weighted by molar-refractivity contribution is -0.00611. The van der Waals surface area contributed by atoms with Gasteiger partial charge in [0.1, 0.15) is 11.7 Å². The van der Waals surface area contributed by atoms with Crippen molar-refractivity contribution in [1.82, 2.24) is 24.4 Å². The third-order valence-corrected chi connectivity index (χ3v) is 4.02. The fraction of sp³-hybridized carbons (Fsp3) is 0.286. The Morgan fingerprint density at radius 1 is 1.39 bits per heavy atom. The summed E-state index contributed by atoms with van der Waals surface area (Å²) in [5.41, 5.74) is 0.933. The first-order chi connectivity index (χ1) is 11.3. The maximum Gasteiger partial charge on any atom is 0.274 e. The zero-order chi connectivity index (χ0) is 15.8. The van der Waals surface area contributed by atoms with Gasteiger partial charge in [-0.2, -0.15) is 4.98 Å². The zero-order valence-electron chi connectivity index (χ0n) is 11.9. The van der Waals surface area contributed by atoms with Crippen molar-refractivity contribution in [3.63, 3.8) is 0 Å². The molecule has 0 aliphatic carbocycles. The molecular weight excluding hydrogens is 322 g/mol. The third kappa shape index (κ3) is 2.36. The van der Waals surface area contributed by atoms with E-state index in [-0.39, 0.29) is 11.1 Å². The van der Waals surface area contributed by atoms with E-state index >= 15 is 0 Å². The van der Waals surface area contributed by atoms with Crippen LogP contribution < -0.4 is 0 Å². The molecule has 1 atom stereocenters. The van der Waals surface area contributed by atoms with Crippen LogP contribution in [0.4, 0.5) is 0 Å². The summed E-state index contributed by atoms with van der Waals surface area (Å²) in [6.45, 7) is 1.16. The van der Waals surface area contributed by atoms with Crippen LogP contribution in [0.3, 0.4) is 0 Å². The van der Waals surface area contributed by atoms with Crippen molar-refractivity contribution in [3.8, 4) is 0 Å². The van der Waals surface area contributed by atoms with E-state index in [1.807, 2.05) is 12.1 Å². The number of morpholine rings is 1. The highest BCUT2D eigenvalue weighted by Gasteiger charge is 2.34. The van der Waals surface area contributed by atoms with E-state index in [0.717, 1.165) is 0 Å². The fourth-order valence-electron chi connectivity index (χ4n) is 2.68. The van der Waals surface area contributed by atoms with Gasteiger partial charge in [0.25, 0.3) is 5.91 Å². The number of fused-ring (bicyclic) bond motifs is 1. The van der Waals surface area contributed by atoms with E-state index in [0.29, 0.717) is 36.9 Å². The summed E-state index contributed by atoms with van der Waals surface area (Å²) in [6.07, 6.45) is 2.99. The molecule has 8 nitrogen and oxygen atoms in total. The van der Waals surface area contributed by atoms with Gasteiger partial charge in [-0.15, -0.1) is 0 Å². The van der Waals surface area contributed by atoms with Crippen LogP contribution in [-0.4, -0.2) is 50.1 Å². The van der Waals surface area contributed by atoms with Gasteiger partial charge < -0.3 is 14.2 Å². The van der Waals surface area contributed by atoms with Gasteiger partial charge in [0.15, 0.2) is 16.7 Å². The Hall–Kier alpha value is -2.45. The molecule has 0 radical (unpaired) electrons. The molecule has 1 unspecified atom stereocenters. The summed E-state index contributed by atoms with van der Waals surface area (Å²) in [5, 5.41) is 3.99. The second kappa shape index (κ2) is 5.64. The molecule has 0 N–H and O–H groups in total. The van der Waals surface area contributed by atoms with Crippen molar-refractivity contribution < 1.29 is 14.1 Å². The highest BCUT2D eigenvalue weighted by molar-refractivity contribution is 6.32. The Balaban J connectivity index is 1.75. The molecular formula is C14H12ClN5O3. The Morgan fingerprint density at radius 3 is 3.13 bits per heavy atom. The molecule has 1 amide bonds. The molecule has 0 saturated carbocycles. The van der Waals surface area contributed by atoms with Gasteiger partial charge in [-0.3, -0.25) is 9.20 Å². The van der Waals surface area contributed by atoms with Crippen molar-refractivity contribution in [2.45, 2.75) is 6.04 Å². The van der Waals surface area contributed by atoms with Crippen LogP contribution in [0.2, 0.25) is 5.15 Å². The average molecular weight is 334 g/mol. The van der Waals surface area contributed by atoms with E-state index < -0.39 is 6.04 Å². The Labute approximate surface area is 135 Å². The summed E-state index contributed by atoms with van der Waals surface area (Å²) in [4.78, 5) is 22.9. The molecule has 1 fully saturated rings. The fourth-order valence-corrected chi connectivity index (χ4v) is 2.94. The van der Waals surface area contributed by atoms with Crippen LogP contribution in [-0.2, 0) is 4.74 Å². The minimum absolute atomic E-state index is 0.166. The molecule has 118 valence electrons. The molecule has 3 aromatic rings. The van der Waals surface area contributed by atoms with Gasteiger partial charge >= 0.3 is 0 Å². The van der Waals surface area contributed by atoms with Gasteiger partial charge in [-0.1, -0.05) is 22.8 Å². The quantitative estimate of drug-likeness (QED) is 0.708. The normalized spacial score (nSPS) is 18.5. The number of carbonyl (C=O) groups is 1. The van der Waals surface area contributed by atoms with Crippen LogP contribution in [0.5, 0.6) is 0 Å². The topological polar surface area (TPSA) is 85.8 Å². The molecule has 4 rings (SSSR count). The number of pyridine rings is 1. The monoisotopic (exact) mass is 333 g/mol. The van der Waals surface area contributed by atoms with Crippen LogP contribution in [0, 0.1) is 0 Å². The number of carbonyl (C=O) groups excluding carboxylic acids is 1. The van der Waals surface area contributed by atoms with Crippen LogP contribution >= 0.6 is 11.6 Å². The lowest BCUT2D eigenvalue weighted by Crippen LogP contribution is -2.44. The summed E-state index contributed by atoms with van der Waals surface area (Å²) in [6, 6.07) is 5.03. The molecule has 9 heteroatoms. The Kier molecular flexibility index (Phi) is 3.47. The molecule has 1 aliphatic rings. The van der Waals surface area contributed by atoms with E-state index in [4.69, 9.17) is 20.9 Å². The first kappa shape index (κ1) is 14.2. The molecule has 3 aromatic heterocycles. The Bertz CT molecular complexity index is 847. The highest BCUT2D eigenvalue weighted by Crippen LogP contribution is 2.26. The molecule has 4 heterocycles. The SMILES string of the molecule is O=C(c1c(Cl)nc2ccccn12)N1CCOCC1c1ncon1. The van der Waals surface area contributed by atoms with E-state index in [2.05, 4.69) is 15.1 Å². The summed E-state index contributed by atoms with van der Waals surface area (Å²) in [5.74, 6) is 0.162. The average Bonchev–Trinajstić information content (AvgIpc) is 3.21. The number of amides is 1. The number of hydrogen-bond donors (Lipinski definition) is 0. The predicted molar refractivity (Wildman–Crippen MR) is 79.1 cm³/mol. The number of rotatable bonds is 2. The Morgan fingerprint density at radius 2 is 2.30 bits per heavy atom. The van der Waals surface area contributed by atoms with Gasteiger partial charge in [-0.05, 0) is 12.1 Å². The number of imidazole rings is 1. The van der Waals surface area contributed by atoms with Crippen LogP contribution in [0.1, 0.15) is 22.4 Å². The lowest BCUT2D eigenvalue weighted by atomic mass is 10.2. The first-order valence-corrected chi connectivity index (χ1v) is 7.41. The van der Waals surface area contributed by atoms with Gasteiger partial charge in [0, 0.05) is 12.7 Å². The maximum atomic E-state index is 13.0. The molecule has 1 aliphatic heterocycles. The summed E-state index contributed by atoms with van der Waals surface area (Å²) >= 11 is 6.19. The van der Waals surface area contributed by atoms with Crippen molar-refractivity contribution in [1.29, 1.82) is 0 Å². The molecule has 1 saturated heterocycles. The number of halogens is 1. The smallest absolute Gasteiger partial charge is 0.274 e. The number of nitrogens with zero attached hydrogens (tertiary/aromatic N) is 5. The molecule has 23 heavy (non-hydrogen) atoms. The second-order valence-corrected chi connectivity index (χ2v) is 5.42. The van der Waals surface area contributed by atoms with Gasteiger partial charge in [0.05, 0.1) is 13.2 Å². The standard InChI is InChI=1S/C14H12ClN5O3/c15-12-11(20-4-2-1-3-10(20)17-12)14(21)19-5-6-22-7-9(19)13-16-8-23-18-13/h1-4,8-9H,5-7H2. The number of aromatic nitrogens is 4. The van der Waals surface area contributed by atoms with Crippen molar-refractivity contribution >= 4 is 23.2 Å². The van der Waals surface area contributed by atoms with Crippen LogP contribution in [0.15, 0.2) is 35.3 Å². The number of ether oxygens (including phenoxy) is 1. The predicted octanol–water partition coefficient (Wildman–Crippen LogP) is 1.58. The summed E-state index contributed by atoms with van der Waals surface area (Å²) in [7, 11) is 0. The third-order valence-electron chi connectivity index (χ3n) is 3.76. The maximum absolute atomic E-state index is 13.0. The molecule has 0 spiro atoms. The highest BCUT2D eigenvalue weighted by atomic mass is 35.5. The number of hydrogen-bond acceptors (Lipinski definition) is 6. The van der Waals surface area contributed by atoms with E-state index in [1.165, 1.54) is 6.39 Å². The van der Waals surface area contributed by atoms with Crippen molar-refractivity contribution in [3.05, 3.63) is 47.5 Å². The van der Waals surface area contributed by atoms with Crippen molar-refractivity contribution in [2.75, 3.05) is 19.8 Å². The van der Waals surface area contributed by atoms with Gasteiger partial charge in [-0.25, -0.2) is 4.98 Å². The van der Waals surface area contributed by atoms with E-state index in [9.17, 15) is 4.79 Å². The molecule has 0 bridgehead atoms. The minimum atomic E-state index is -0.416. The lowest BCUT2D eigenvalue weighted by Gasteiger charge is -2.33. The second-order valence-electron chi connectivity index (χ2n) is 5.06. The van der Waals surface area contributed by atoms with Gasteiger partial charge in [0.2, 0.25) is 6.39 Å². The van der Waals surface area contributed by atoms with Crippen molar-refractivity contribution in [2.24, 2.45) is 0 Å². The largest absolute Gasteiger partial charge is 0.377 e. The minimum Gasteiger partial charge on any atom is -0.377 e.